The first-order chi connectivity index (χ1) is 3.18. The number of aliphatic hydroxyl groups is 2. The van der Waals surface area contributed by atoms with E-state index in [4.69, 9.17) is 10.2 Å². The lowest BCUT2D eigenvalue weighted by molar-refractivity contribution is -0.0117. The Balaban J connectivity index is 3.35. The van der Waals surface area contributed by atoms with Gasteiger partial charge >= 0.3 is 0 Å². The SMILES string of the molecule is C=C(NC)C(O)O. The van der Waals surface area contributed by atoms with Crippen LogP contribution in [0.2, 0.25) is 0 Å². The lowest BCUT2D eigenvalue weighted by atomic mass is 10.5. The third-order valence-electron chi connectivity index (χ3n) is 0.633. The maximum atomic E-state index is 8.21. The highest BCUT2D eigenvalue weighted by Gasteiger charge is 1.96. The molecule has 0 fully saturated rings. The Hall–Kier alpha value is -0.540. The normalized spacial score (nSPS) is 9.14. The van der Waals surface area contributed by atoms with E-state index in [2.05, 4.69) is 11.9 Å². The van der Waals surface area contributed by atoms with Gasteiger partial charge in [-0.2, -0.15) is 0 Å². The van der Waals surface area contributed by atoms with Crippen LogP contribution in [0.3, 0.4) is 0 Å². The highest BCUT2D eigenvalue weighted by molar-refractivity contribution is 4.91. The maximum Gasteiger partial charge on any atom is 0.192 e. The molecule has 0 bridgehead atoms. The van der Waals surface area contributed by atoms with Crippen LogP contribution >= 0.6 is 0 Å². The van der Waals surface area contributed by atoms with Crippen molar-refractivity contribution in [1.29, 1.82) is 0 Å². The van der Waals surface area contributed by atoms with E-state index in [-0.39, 0.29) is 5.70 Å². The summed E-state index contributed by atoms with van der Waals surface area (Å²) in [7, 11) is 1.57. The molecule has 0 aliphatic rings. The fraction of sp³-hybridized carbons (Fsp3) is 0.500. The molecule has 7 heavy (non-hydrogen) atoms. The van der Waals surface area contributed by atoms with E-state index >= 15 is 0 Å². The van der Waals surface area contributed by atoms with Crippen LogP contribution < -0.4 is 5.32 Å². The summed E-state index contributed by atoms with van der Waals surface area (Å²) in [6.45, 7) is 3.26. The molecule has 0 spiro atoms. The summed E-state index contributed by atoms with van der Waals surface area (Å²) >= 11 is 0. The van der Waals surface area contributed by atoms with Crippen molar-refractivity contribution in [1.82, 2.24) is 5.32 Å². The van der Waals surface area contributed by atoms with Crippen molar-refractivity contribution in [3.63, 3.8) is 0 Å². The first-order valence-corrected chi connectivity index (χ1v) is 1.91. The number of likely N-dealkylation sites (N-methyl/N-ethyl adjacent to an activating group) is 1. The van der Waals surface area contributed by atoms with Gasteiger partial charge in [0.1, 0.15) is 0 Å². The quantitative estimate of drug-likeness (QED) is 0.394. The lowest BCUT2D eigenvalue weighted by Crippen LogP contribution is -2.18. The van der Waals surface area contributed by atoms with Gasteiger partial charge in [-0.25, -0.2) is 0 Å². The van der Waals surface area contributed by atoms with Crippen LogP contribution in [0, 0.1) is 0 Å². The van der Waals surface area contributed by atoms with E-state index in [1.54, 1.807) is 7.05 Å². The Bertz CT molecular complexity index is 70.1. The van der Waals surface area contributed by atoms with Crippen molar-refractivity contribution in [2.24, 2.45) is 0 Å². The average molecular weight is 103 g/mol. The molecule has 0 aliphatic carbocycles. The number of rotatable bonds is 2. The van der Waals surface area contributed by atoms with E-state index < -0.39 is 6.29 Å². The summed E-state index contributed by atoms with van der Waals surface area (Å²) in [5, 5.41) is 18.9. The van der Waals surface area contributed by atoms with E-state index in [0.29, 0.717) is 0 Å². The molecular formula is C4H9NO2. The minimum atomic E-state index is -1.44. The van der Waals surface area contributed by atoms with Crippen LogP contribution in [0.1, 0.15) is 0 Å². The second-order valence-corrected chi connectivity index (χ2v) is 1.15. The van der Waals surface area contributed by atoms with Crippen LogP contribution in [-0.2, 0) is 0 Å². The molecule has 3 heteroatoms. The van der Waals surface area contributed by atoms with Gasteiger partial charge in [0.25, 0.3) is 0 Å². The molecule has 0 aromatic heterocycles. The largest absolute Gasteiger partial charge is 0.388 e. The third kappa shape index (κ3) is 2.19. The Labute approximate surface area is 42.3 Å². The maximum absolute atomic E-state index is 8.21. The molecule has 0 aromatic rings. The van der Waals surface area contributed by atoms with Crippen molar-refractivity contribution >= 4 is 0 Å². The number of aliphatic hydroxyl groups excluding tert-OH is 1. The minimum Gasteiger partial charge on any atom is -0.388 e. The standard InChI is InChI=1S/C4H9NO2/c1-3(5-2)4(6)7/h4-7H,1H2,2H3. The number of nitrogens with one attached hydrogen (secondary N) is 1. The van der Waals surface area contributed by atoms with Gasteiger partial charge in [-0.1, -0.05) is 6.58 Å². The first kappa shape index (κ1) is 6.46. The molecule has 0 unspecified atom stereocenters. The molecule has 0 amide bonds. The summed E-state index contributed by atoms with van der Waals surface area (Å²) in [5.41, 5.74) is 0.208. The van der Waals surface area contributed by atoms with Gasteiger partial charge in [-0.15, -0.1) is 0 Å². The summed E-state index contributed by atoms with van der Waals surface area (Å²) < 4.78 is 0. The Morgan fingerprint density at radius 2 is 2.14 bits per heavy atom. The smallest absolute Gasteiger partial charge is 0.192 e. The van der Waals surface area contributed by atoms with Gasteiger partial charge in [-0.3, -0.25) is 0 Å². The zero-order valence-corrected chi connectivity index (χ0v) is 4.18. The Morgan fingerprint density at radius 3 is 2.14 bits per heavy atom. The molecule has 0 heterocycles. The van der Waals surface area contributed by atoms with E-state index in [1.807, 2.05) is 0 Å². The Kier molecular flexibility index (Phi) is 2.40. The average Bonchev–Trinajstić information content (AvgIpc) is 1.65. The van der Waals surface area contributed by atoms with Gasteiger partial charge in [-0.05, 0) is 0 Å². The van der Waals surface area contributed by atoms with Gasteiger partial charge in [0, 0.05) is 7.05 Å². The molecule has 0 rings (SSSR count). The topological polar surface area (TPSA) is 52.5 Å². The Morgan fingerprint density at radius 1 is 1.71 bits per heavy atom. The van der Waals surface area contributed by atoms with Crippen molar-refractivity contribution in [2.75, 3.05) is 7.05 Å². The zero-order chi connectivity index (χ0) is 5.86. The van der Waals surface area contributed by atoms with Gasteiger partial charge in [0.05, 0.1) is 5.70 Å². The fourth-order valence-electron chi connectivity index (χ4n) is 0.129. The summed E-state index contributed by atoms with van der Waals surface area (Å²) in [4.78, 5) is 0. The van der Waals surface area contributed by atoms with Crippen molar-refractivity contribution in [3.8, 4) is 0 Å². The van der Waals surface area contributed by atoms with E-state index in [1.165, 1.54) is 0 Å². The van der Waals surface area contributed by atoms with Crippen molar-refractivity contribution < 1.29 is 10.2 Å². The minimum absolute atomic E-state index is 0.208. The zero-order valence-electron chi connectivity index (χ0n) is 4.18. The fourth-order valence-corrected chi connectivity index (χ4v) is 0.129. The molecule has 0 aliphatic heterocycles. The molecule has 0 saturated heterocycles. The lowest BCUT2D eigenvalue weighted by Gasteiger charge is -2.03. The molecular weight excluding hydrogens is 94.0 g/mol. The third-order valence-corrected chi connectivity index (χ3v) is 0.633. The highest BCUT2D eigenvalue weighted by atomic mass is 16.5. The van der Waals surface area contributed by atoms with Crippen LogP contribution in [0.5, 0.6) is 0 Å². The molecule has 42 valence electrons. The molecule has 3 nitrogen and oxygen atoms in total. The van der Waals surface area contributed by atoms with Gasteiger partial charge in [0.15, 0.2) is 6.29 Å². The summed E-state index contributed by atoms with van der Waals surface area (Å²) in [6, 6.07) is 0. The summed E-state index contributed by atoms with van der Waals surface area (Å²) in [6.07, 6.45) is -1.44. The first-order valence-electron chi connectivity index (χ1n) is 1.91. The van der Waals surface area contributed by atoms with Crippen LogP contribution in [-0.4, -0.2) is 23.6 Å². The second kappa shape index (κ2) is 2.60. The predicted molar refractivity (Wildman–Crippen MR) is 26.4 cm³/mol. The van der Waals surface area contributed by atoms with Crippen LogP contribution in [0.25, 0.3) is 0 Å². The monoisotopic (exact) mass is 103 g/mol. The predicted octanol–water partition coefficient (Wildman–Crippen LogP) is -0.970. The molecule has 0 atom stereocenters. The number of hydrogen-bond acceptors (Lipinski definition) is 3. The van der Waals surface area contributed by atoms with Crippen LogP contribution in [0.15, 0.2) is 12.3 Å². The van der Waals surface area contributed by atoms with Gasteiger partial charge in [0.2, 0.25) is 0 Å². The summed E-state index contributed by atoms with van der Waals surface area (Å²) in [5.74, 6) is 0. The van der Waals surface area contributed by atoms with Gasteiger partial charge < -0.3 is 15.5 Å². The van der Waals surface area contributed by atoms with Crippen molar-refractivity contribution in [3.05, 3.63) is 12.3 Å². The van der Waals surface area contributed by atoms with Crippen LogP contribution in [0.4, 0.5) is 0 Å². The highest BCUT2D eigenvalue weighted by Crippen LogP contribution is 1.84. The molecule has 3 N–H and O–H groups in total. The van der Waals surface area contributed by atoms with E-state index in [9.17, 15) is 0 Å². The second-order valence-electron chi connectivity index (χ2n) is 1.15. The number of hydrogen-bond donors (Lipinski definition) is 3. The molecule has 0 saturated carbocycles. The van der Waals surface area contributed by atoms with E-state index in [0.717, 1.165) is 0 Å². The molecule has 0 radical (unpaired) electrons. The van der Waals surface area contributed by atoms with Crippen molar-refractivity contribution in [2.45, 2.75) is 6.29 Å². The molecule has 0 aromatic carbocycles.